The fourth-order valence-corrected chi connectivity index (χ4v) is 4.55. The van der Waals surface area contributed by atoms with Crippen LogP contribution in [0.4, 0.5) is 5.69 Å². The minimum Gasteiger partial charge on any atom is -0.361 e. The number of para-hydroxylation sites is 1. The normalized spacial score (nSPS) is 14.8. The molecule has 2 unspecified atom stereocenters. The zero-order valence-corrected chi connectivity index (χ0v) is 22.6. The average Bonchev–Trinajstić information content (AvgIpc) is 3.24. The van der Waals surface area contributed by atoms with Crippen LogP contribution in [-0.2, 0) is 16.0 Å². The molecule has 0 spiro atoms. The van der Waals surface area contributed by atoms with Gasteiger partial charge in [0.1, 0.15) is 6.04 Å². The molecule has 1 aromatic heterocycles. The Kier molecular flexibility index (Phi) is 9.47. The molecular formula is C26H31Cl3N4O2. The van der Waals surface area contributed by atoms with Crippen LogP contribution in [0.3, 0.4) is 0 Å². The van der Waals surface area contributed by atoms with E-state index in [1.54, 1.807) is 11.0 Å². The Morgan fingerprint density at radius 2 is 1.80 bits per heavy atom. The maximum Gasteiger partial charge on any atom is 0.253 e. The van der Waals surface area contributed by atoms with Crippen LogP contribution in [0.5, 0.6) is 0 Å². The molecule has 2 N–H and O–H groups in total. The van der Waals surface area contributed by atoms with Crippen LogP contribution in [0.1, 0.15) is 30.4 Å². The molecule has 3 aromatic rings. The zero-order chi connectivity index (χ0) is 25.7. The van der Waals surface area contributed by atoms with Crippen LogP contribution in [0.15, 0.2) is 48.7 Å². The SMILES string of the molecule is CC(c1c[nH]c2ccccc12)C(NC(=O)C(Cl)Cl)C(=O)N1CCCc2cc(Cl)ccc21.CN(C)C. The van der Waals surface area contributed by atoms with Crippen molar-refractivity contribution in [2.75, 3.05) is 32.6 Å². The van der Waals surface area contributed by atoms with Crippen molar-refractivity contribution in [2.24, 2.45) is 0 Å². The lowest BCUT2D eigenvalue weighted by Crippen LogP contribution is -2.53. The number of aromatic amines is 1. The summed E-state index contributed by atoms with van der Waals surface area (Å²) in [6.45, 7) is 2.48. The molecule has 1 aliphatic heterocycles. The molecule has 35 heavy (non-hydrogen) atoms. The summed E-state index contributed by atoms with van der Waals surface area (Å²) in [5, 5.41) is 4.41. The van der Waals surface area contributed by atoms with E-state index in [-0.39, 0.29) is 11.8 Å². The molecule has 9 heteroatoms. The van der Waals surface area contributed by atoms with E-state index < -0.39 is 16.8 Å². The summed E-state index contributed by atoms with van der Waals surface area (Å²) in [7, 11) is 6.00. The summed E-state index contributed by atoms with van der Waals surface area (Å²) in [4.78, 5) is 31.9. The first kappa shape index (κ1) is 27.3. The Hall–Kier alpha value is -2.25. The maximum absolute atomic E-state index is 13.8. The van der Waals surface area contributed by atoms with Gasteiger partial charge in [-0.15, -0.1) is 0 Å². The van der Waals surface area contributed by atoms with E-state index in [1.165, 1.54) is 0 Å². The fraction of sp³-hybridized carbons (Fsp3) is 0.385. The standard InChI is InChI=1S/C23H22Cl3N3O2.C3H9N/c1-13(17-12-27-18-7-3-2-6-16(17)18)20(28-22(30)21(25)26)23(31)29-10-4-5-14-11-15(24)8-9-19(14)29;1-4(2)3/h2-3,6-9,11-13,20-21,27H,4-5,10H2,1H3,(H,28,30);1-3H3. The molecule has 2 aromatic carbocycles. The van der Waals surface area contributed by atoms with Gasteiger partial charge in [-0.05, 0) is 69.4 Å². The highest BCUT2D eigenvalue weighted by molar-refractivity contribution is 6.53. The van der Waals surface area contributed by atoms with Crippen molar-refractivity contribution in [2.45, 2.75) is 36.6 Å². The number of H-pyrrole nitrogens is 1. The summed E-state index contributed by atoms with van der Waals surface area (Å²) >= 11 is 17.7. The summed E-state index contributed by atoms with van der Waals surface area (Å²) in [6.07, 6.45) is 3.54. The van der Waals surface area contributed by atoms with Crippen molar-refractivity contribution in [1.29, 1.82) is 0 Å². The summed E-state index contributed by atoms with van der Waals surface area (Å²) in [5.74, 6) is -1.12. The number of anilines is 1. The molecule has 0 radical (unpaired) electrons. The van der Waals surface area contributed by atoms with Crippen molar-refractivity contribution in [3.63, 3.8) is 0 Å². The summed E-state index contributed by atoms with van der Waals surface area (Å²) in [6, 6.07) is 12.5. The second-order valence-corrected chi connectivity index (χ2v) is 10.6. The number of carbonyl (C=O) groups excluding carboxylic acids is 2. The molecule has 0 saturated heterocycles. The molecule has 4 rings (SSSR count). The van der Waals surface area contributed by atoms with E-state index in [2.05, 4.69) is 10.3 Å². The Balaban J connectivity index is 0.000000795. The number of alkyl halides is 2. The van der Waals surface area contributed by atoms with E-state index in [9.17, 15) is 9.59 Å². The molecule has 2 heterocycles. The Morgan fingerprint density at radius 1 is 1.11 bits per heavy atom. The number of nitrogens with one attached hydrogen (secondary N) is 2. The van der Waals surface area contributed by atoms with Gasteiger partial charge in [-0.2, -0.15) is 0 Å². The molecule has 0 saturated carbocycles. The Labute approximate surface area is 221 Å². The number of aryl methyl sites for hydroxylation is 1. The fourth-order valence-electron chi connectivity index (χ4n) is 4.23. The van der Waals surface area contributed by atoms with Gasteiger partial charge in [0, 0.05) is 40.3 Å². The number of hydrogen-bond donors (Lipinski definition) is 2. The topological polar surface area (TPSA) is 68.4 Å². The van der Waals surface area contributed by atoms with Crippen LogP contribution < -0.4 is 10.2 Å². The van der Waals surface area contributed by atoms with Gasteiger partial charge in [0.05, 0.1) is 0 Å². The third-order valence-electron chi connectivity index (χ3n) is 5.80. The number of benzene rings is 2. The third-order valence-corrected chi connectivity index (χ3v) is 6.43. The average molecular weight is 538 g/mol. The number of rotatable bonds is 5. The Morgan fingerprint density at radius 3 is 2.49 bits per heavy atom. The highest BCUT2D eigenvalue weighted by atomic mass is 35.5. The van der Waals surface area contributed by atoms with Crippen LogP contribution in [-0.4, -0.2) is 60.3 Å². The molecule has 2 amide bonds. The minimum atomic E-state index is -1.27. The number of hydrogen-bond acceptors (Lipinski definition) is 3. The number of amides is 2. The van der Waals surface area contributed by atoms with Gasteiger partial charge in [0.15, 0.2) is 4.84 Å². The molecule has 0 bridgehead atoms. The largest absolute Gasteiger partial charge is 0.361 e. The second-order valence-electron chi connectivity index (χ2n) is 9.07. The van der Waals surface area contributed by atoms with Crippen molar-refractivity contribution < 1.29 is 9.59 Å². The number of fused-ring (bicyclic) bond motifs is 2. The second kappa shape index (κ2) is 12.1. The molecule has 1 aliphatic rings. The predicted octanol–water partition coefficient (Wildman–Crippen LogP) is 5.37. The van der Waals surface area contributed by atoms with Gasteiger partial charge in [-0.25, -0.2) is 0 Å². The van der Waals surface area contributed by atoms with Crippen LogP contribution in [0.25, 0.3) is 10.9 Å². The van der Waals surface area contributed by atoms with Crippen molar-refractivity contribution in [3.8, 4) is 0 Å². The van der Waals surface area contributed by atoms with Crippen molar-refractivity contribution >= 4 is 63.2 Å². The third kappa shape index (κ3) is 6.70. The smallest absolute Gasteiger partial charge is 0.253 e. The highest BCUT2D eigenvalue weighted by Crippen LogP contribution is 2.33. The Bertz CT molecular complexity index is 1180. The molecule has 0 fully saturated rings. The number of carbonyl (C=O) groups is 2. The van der Waals surface area contributed by atoms with Gasteiger partial charge in [0.2, 0.25) is 5.91 Å². The predicted molar refractivity (Wildman–Crippen MR) is 146 cm³/mol. The van der Waals surface area contributed by atoms with E-state index in [1.807, 2.05) is 75.6 Å². The van der Waals surface area contributed by atoms with Crippen LogP contribution >= 0.6 is 34.8 Å². The molecule has 2 atom stereocenters. The molecule has 188 valence electrons. The molecular weight excluding hydrogens is 507 g/mol. The van der Waals surface area contributed by atoms with E-state index in [4.69, 9.17) is 34.8 Å². The van der Waals surface area contributed by atoms with E-state index >= 15 is 0 Å². The van der Waals surface area contributed by atoms with Crippen molar-refractivity contribution in [1.82, 2.24) is 15.2 Å². The van der Waals surface area contributed by atoms with Crippen LogP contribution in [0.2, 0.25) is 5.02 Å². The van der Waals surface area contributed by atoms with Crippen LogP contribution in [0, 0.1) is 0 Å². The number of nitrogens with zero attached hydrogens (tertiary/aromatic N) is 2. The maximum atomic E-state index is 13.8. The number of aromatic nitrogens is 1. The monoisotopic (exact) mass is 536 g/mol. The van der Waals surface area contributed by atoms with Gasteiger partial charge in [-0.3, -0.25) is 9.59 Å². The first-order valence-electron chi connectivity index (χ1n) is 11.5. The zero-order valence-electron chi connectivity index (χ0n) is 20.3. The van der Waals surface area contributed by atoms with Crippen molar-refractivity contribution in [3.05, 3.63) is 64.8 Å². The quantitative estimate of drug-likeness (QED) is 0.430. The summed E-state index contributed by atoms with van der Waals surface area (Å²) in [5.41, 5.74) is 3.74. The van der Waals surface area contributed by atoms with E-state index in [0.717, 1.165) is 40.6 Å². The van der Waals surface area contributed by atoms with Gasteiger partial charge in [0.25, 0.3) is 5.91 Å². The lowest BCUT2D eigenvalue weighted by molar-refractivity contribution is -0.127. The van der Waals surface area contributed by atoms with Gasteiger partial charge in [-0.1, -0.05) is 59.9 Å². The lowest BCUT2D eigenvalue weighted by Gasteiger charge is -2.34. The first-order valence-corrected chi connectivity index (χ1v) is 12.7. The first-order chi connectivity index (χ1) is 16.6. The lowest BCUT2D eigenvalue weighted by atomic mass is 9.90. The van der Waals surface area contributed by atoms with E-state index in [0.29, 0.717) is 11.6 Å². The summed E-state index contributed by atoms with van der Waals surface area (Å²) < 4.78 is 0. The van der Waals surface area contributed by atoms with Gasteiger partial charge >= 0.3 is 0 Å². The molecule has 6 nitrogen and oxygen atoms in total. The highest BCUT2D eigenvalue weighted by Gasteiger charge is 2.35. The number of halogens is 3. The van der Waals surface area contributed by atoms with Gasteiger partial charge < -0.3 is 20.1 Å². The molecule has 0 aliphatic carbocycles. The minimum absolute atomic E-state index is 0.205.